The first-order chi connectivity index (χ1) is 9.56. The highest BCUT2D eigenvalue weighted by atomic mass is 16.4. The highest BCUT2D eigenvalue weighted by Gasteiger charge is 2.21. The van der Waals surface area contributed by atoms with E-state index in [-0.39, 0.29) is 18.7 Å². The van der Waals surface area contributed by atoms with Gasteiger partial charge < -0.3 is 10.4 Å². The lowest BCUT2D eigenvalue weighted by Crippen LogP contribution is -2.42. The van der Waals surface area contributed by atoms with Crippen molar-refractivity contribution in [2.24, 2.45) is 0 Å². The molecule has 0 aromatic heterocycles. The first kappa shape index (κ1) is 16.3. The zero-order chi connectivity index (χ0) is 15.0. The largest absolute Gasteiger partial charge is 0.481 e. The monoisotopic (exact) mass is 278 g/mol. The lowest BCUT2D eigenvalue weighted by molar-refractivity contribution is -0.139. The van der Waals surface area contributed by atoms with Crippen LogP contribution in [-0.2, 0) is 16.1 Å². The van der Waals surface area contributed by atoms with Crippen LogP contribution in [0.2, 0.25) is 0 Å². The molecule has 0 aliphatic heterocycles. The van der Waals surface area contributed by atoms with Gasteiger partial charge in [-0.25, -0.2) is 0 Å². The number of likely N-dealkylation sites (N-methyl/N-ethyl adjacent to an activating group) is 2. The molecule has 20 heavy (non-hydrogen) atoms. The Balaban J connectivity index is 2.58. The quantitative estimate of drug-likeness (QED) is 0.709. The molecule has 0 saturated heterocycles. The van der Waals surface area contributed by atoms with Crippen LogP contribution >= 0.6 is 0 Å². The average Bonchev–Trinajstić information content (AvgIpc) is 2.44. The summed E-state index contributed by atoms with van der Waals surface area (Å²) < 4.78 is 0. The molecule has 1 rings (SSSR count). The lowest BCUT2D eigenvalue weighted by atomic mass is 10.1. The normalized spacial score (nSPS) is 12.3. The Kier molecular flexibility index (Phi) is 6.90. The Hall–Kier alpha value is -1.72. The van der Waals surface area contributed by atoms with Gasteiger partial charge in [0.1, 0.15) is 0 Å². The minimum atomic E-state index is -0.969. The molecule has 0 unspecified atom stereocenters. The van der Waals surface area contributed by atoms with Crippen molar-refractivity contribution in [2.75, 3.05) is 20.1 Å². The number of aliphatic carboxylic acids is 1. The number of Topliss-reactive ketones (excluding diaryl/α,β-unsaturated/α-hetero) is 1. The van der Waals surface area contributed by atoms with Gasteiger partial charge in [-0.3, -0.25) is 14.5 Å². The predicted molar refractivity (Wildman–Crippen MR) is 77.5 cm³/mol. The molecule has 1 aromatic rings. The maximum Gasteiger partial charge on any atom is 0.305 e. The smallest absolute Gasteiger partial charge is 0.305 e. The van der Waals surface area contributed by atoms with E-state index in [1.807, 2.05) is 42.2 Å². The van der Waals surface area contributed by atoms with E-state index in [0.717, 1.165) is 12.1 Å². The molecule has 110 valence electrons. The van der Waals surface area contributed by atoms with Gasteiger partial charge in [0.25, 0.3) is 0 Å². The lowest BCUT2D eigenvalue weighted by Gasteiger charge is -2.22. The second-order valence-electron chi connectivity index (χ2n) is 4.69. The topological polar surface area (TPSA) is 69.6 Å². The molecule has 0 heterocycles. The van der Waals surface area contributed by atoms with E-state index in [2.05, 4.69) is 5.32 Å². The summed E-state index contributed by atoms with van der Waals surface area (Å²) in [5.41, 5.74) is 1.14. The highest BCUT2D eigenvalue weighted by Crippen LogP contribution is 2.05. The molecule has 2 N–H and O–H groups in total. The van der Waals surface area contributed by atoms with Crippen LogP contribution in [-0.4, -0.2) is 47.9 Å². The van der Waals surface area contributed by atoms with Gasteiger partial charge in [0.05, 0.1) is 19.0 Å². The van der Waals surface area contributed by atoms with Crippen LogP contribution in [0.3, 0.4) is 0 Å². The fraction of sp³-hybridized carbons (Fsp3) is 0.467. The van der Waals surface area contributed by atoms with Crippen LogP contribution < -0.4 is 5.32 Å². The Labute approximate surface area is 119 Å². The van der Waals surface area contributed by atoms with Crippen molar-refractivity contribution >= 4 is 11.8 Å². The molecular weight excluding hydrogens is 256 g/mol. The van der Waals surface area contributed by atoms with E-state index in [1.165, 1.54) is 0 Å². The van der Waals surface area contributed by atoms with Gasteiger partial charge in [-0.2, -0.15) is 0 Å². The number of rotatable bonds is 9. The van der Waals surface area contributed by atoms with Crippen LogP contribution in [0.1, 0.15) is 18.9 Å². The Bertz CT molecular complexity index is 434. The first-order valence-electron chi connectivity index (χ1n) is 6.74. The number of carboxylic acid groups (broad SMARTS) is 1. The Morgan fingerprint density at radius 1 is 1.30 bits per heavy atom. The second-order valence-corrected chi connectivity index (χ2v) is 4.69. The maximum atomic E-state index is 12.1. The van der Waals surface area contributed by atoms with Crippen LogP contribution in [0.15, 0.2) is 30.3 Å². The van der Waals surface area contributed by atoms with Crippen molar-refractivity contribution in [1.29, 1.82) is 0 Å². The zero-order valence-electron chi connectivity index (χ0n) is 12.0. The molecule has 0 radical (unpaired) electrons. The van der Waals surface area contributed by atoms with Gasteiger partial charge in [-0.05, 0) is 19.2 Å². The minimum Gasteiger partial charge on any atom is -0.481 e. The summed E-state index contributed by atoms with van der Waals surface area (Å²) in [5.74, 6) is -1.06. The summed E-state index contributed by atoms with van der Waals surface area (Å²) in [6, 6.07) is 9.28. The van der Waals surface area contributed by atoms with E-state index in [0.29, 0.717) is 6.54 Å². The van der Waals surface area contributed by atoms with Crippen LogP contribution in [0.5, 0.6) is 0 Å². The number of carbonyl (C=O) groups is 2. The van der Waals surface area contributed by atoms with Gasteiger partial charge in [0, 0.05) is 6.54 Å². The zero-order valence-corrected chi connectivity index (χ0v) is 12.0. The minimum absolute atomic E-state index is 0.0901. The standard InChI is InChI=1S/C15H22N2O3/c1-3-17(10-12-7-5-4-6-8-12)11-14(18)13(16-2)9-15(19)20/h4-8,13,16H,3,9-11H2,1-2H3,(H,19,20)/t13-/m0/s1. The summed E-state index contributed by atoms with van der Waals surface area (Å²) >= 11 is 0. The number of carbonyl (C=O) groups excluding carboxylic acids is 1. The van der Waals surface area contributed by atoms with E-state index in [4.69, 9.17) is 5.11 Å². The molecule has 0 amide bonds. The van der Waals surface area contributed by atoms with E-state index in [1.54, 1.807) is 7.05 Å². The molecule has 5 nitrogen and oxygen atoms in total. The van der Waals surface area contributed by atoms with Crippen molar-refractivity contribution in [2.45, 2.75) is 25.9 Å². The van der Waals surface area contributed by atoms with Crippen LogP contribution in [0.4, 0.5) is 0 Å². The molecule has 0 fully saturated rings. The number of hydrogen-bond acceptors (Lipinski definition) is 4. The first-order valence-corrected chi connectivity index (χ1v) is 6.74. The van der Waals surface area contributed by atoms with Gasteiger partial charge >= 0.3 is 5.97 Å². The molecule has 0 spiro atoms. The summed E-state index contributed by atoms with van der Waals surface area (Å²) in [4.78, 5) is 24.8. The highest BCUT2D eigenvalue weighted by molar-refractivity contribution is 5.89. The van der Waals surface area contributed by atoms with E-state index >= 15 is 0 Å². The average molecular weight is 278 g/mol. The fourth-order valence-corrected chi connectivity index (χ4v) is 2.00. The van der Waals surface area contributed by atoms with Gasteiger partial charge in [-0.15, -0.1) is 0 Å². The Morgan fingerprint density at radius 2 is 1.95 bits per heavy atom. The van der Waals surface area contributed by atoms with Crippen molar-refractivity contribution in [1.82, 2.24) is 10.2 Å². The number of nitrogens with zero attached hydrogens (tertiary/aromatic N) is 1. The second kappa shape index (κ2) is 8.45. The van der Waals surface area contributed by atoms with E-state index < -0.39 is 12.0 Å². The van der Waals surface area contributed by atoms with Gasteiger partial charge in [0.2, 0.25) is 0 Å². The summed E-state index contributed by atoms with van der Waals surface area (Å²) in [7, 11) is 1.61. The molecule has 0 aliphatic rings. The molecule has 5 heteroatoms. The third kappa shape index (κ3) is 5.50. The van der Waals surface area contributed by atoms with Crippen LogP contribution in [0.25, 0.3) is 0 Å². The predicted octanol–water partition coefficient (Wildman–Crippen LogP) is 1.14. The maximum absolute atomic E-state index is 12.1. The van der Waals surface area contributed by atoms with E-state index in [9.17, 15) is 9.59 Å². The Morgan fingerprint density at radius 3 is 2.45 bits per heavy atom. The van der Waals surface area contributed by atoms with Crippen molar-refractivity contribution in [3.63, 3.8) is 0 Å². The fourth-order valence-electron chi connectivity index (χ4n) is 2.00. The van der Waals surface area contributed by atoms with Crippen LogP contribution in [0, 0.1) is 0 Å². The number of ketones is 1. The molecular formula is C15H22N2O3. The number of hydrogen-bond donors (Lipinski definition) is 2. The molecule has 0 aliphatic carbocycles. The van der Waals surface area contributed by atoms with Crippen molar-refractivity contribution < 1.29 is 14.7 Å². The number of benzene rings is 1. The molecule has 0 bridgehead atoms. The SMILES string of the molecule is CCN(CC(=O)[C@H](CC(=O)O)NC)Cc1ccccc1. The molecule has 0 saturated carbocycles. The van der Waals surface area contributed by atoms with Gasteiger partial charge in [0.15, 0.2) is 5.78 Å². The molecule has 1 aromatic carbocycles. The number of carboxylic acids is 1. The summed E-state index contributed by atoms with van der Waals surface area (Å²) in [6.45, 7) is 3.67. The number of nitrogens with one attached hydrogen (secondary N) is 1. The third-order valence-corrected chi connectivity index (χ3v) is 3.19. The third-order valence-electron chi connectivity index (χ3n) is 3.19. The van der Waals surface area contributed by atoms with Crippen molar-refractivity contribution in [3.05, 3.63) is 35.9 Å². The van der Waals surface area contributed by atoms with Crippen molar-refractivity contribution in [3.8, 4) is 0 Å². The van der Waals surface area contributed by atoms with Gasteiger partial charge in [-0.1, -0.05) is 37.3 Å². The molecule has 1 atom stereocenters. The summed E-state index contributed by atoms with van der Waals surface area (Å²) in [5, 5.41) is 11.6. The summed E-state index contributed by atoms with van der Waals surface area (Å²) in [6.07, 6.45) is -0.182.